The van der Waals surface area contributed by atoms with Crippen molar-refractivity contribution in [1.29, 1.82) is 5.26 Å². The molecule has 0 radical (unpaired) electrons. The van der Waals surface area contributed by atoms with Crippen LogP contribution in [0.1, 0.15) is 18.4 Å². The summed E-state index contributed by atoms with van der Waals surface area (Å²) in [7, 11) is 0. The third-order valence-electron chi connectivity index (χ3n) is 3.09. The van der Waals surface area contributed by atoms with E-state index in [-0.39, 0.29) is 5.82 Å². The summed E-state index contributed by atoms with van der Waals surface area (Å²) in [6.07, 6.45) is 6.84. The molecule has 2 heterocycles. The molecule has 8 nitrogen and oxygen atoms in total. The number of nitrogens with one attached hydrogen (secondary N) is 2. The molecule has 0 amide bonds. The Labute approximate surface area is 120 Å². The minimum absolute atomic E-state index is 0.232. The number of hydrogen-bond donors (Lipinski definition) is 4. The van der Waals surface area contributed by atoms with Crippen molar-refractivity contribution >= 4 is 29.0 Å². The highest BCUT2D eigenvalue weighted by Crippen LogP contribution is 2.24. The zero-order chi connectivity index (χ0) is 14.8. The minimum Gasteiger partial charge on any atom is -0.403 e. The number of anilines is 2. The van der Waals surface area contributed by atoms with Crippen LogP contribution in [0.15, 0.2) is 23.1 Å². The van der Waals surface area contributed by atoms with Crippen LogP contribution < -0.4 is 16.8 Å². The van der Waals surface area contributed by atoms with Crippen LogP contribution >= 0.6 is 0 Å². The van der Waals surface area contributed by atoms with Gasteiger partial charge in [-0.15, -0.1) is 0 Å². The van der Waals surface area contributed by atoms with E-state index in [9.17, 15) is 0 Å². The Hall–Kier alpha value is -3.08. The monoisotopic (exact) mass is 282 g/mol. The number of H-pyrrole nitrogens is 1. The first-order valence-electron chi connectivity index (χ1n) is 6.48. The lowest BCUT2D eigenvalue weighted by atomic mass is 10.2. The number of aromatic amines is 1. The molecule has 8 heteroatoms. The number of rotatable bonds is 4. The van der Waals surface area contributed by atoms with E-state index >= 15 is 0 Å². The zero-order valence-electron chi connectivity index (χ0n) is 11.2. The van der Waals surface area contributed by atoms with E-state index in [1.807, 2.05) is 6.07 Å². The van der Waals surface area contributed by atoms with Gasteiger partial charge >= 0.3 is 0 Å². The molecule has 0 aliphatic heterocycles. The maximum atomic E-state index is 8.99. The van der Waals surface area contributed by atoms with Crippen molar-refractivity contribution in [3.8, 4) is 6.07 Å². The molecule has 0 unspecified atom stereocenters. The van der Waals surface area contributed by atoms with E-state index in [4.69, 9.17) is 16.7 Å². The second-order valence-electron chi connectivity index (χ2n) is 4.73. The van der Waals surface area contributed by atoms with Crippen LogP contribution in [0.25, 0.3) is 11.0 Å². The summed E-state index contributed by atoms with van der Waals surface area (Å²) >= 11 is 0. The average Bonchev–Trinajstić information content (AvgIpc) is 3.21. The highest BCUT2D eigenvalue weighted by atomic mass is 15.1. The fourth-order valence-electron chi connectivity index (χ4n) is 1.86. The molecule has 1 aliphatic carbocycles. The van der Waals surface area contributed by atoms with Crippen molar-refractivity contribution in [2.45, 2.75) is 18.9 Å². The summed E-state index contributed by atoms with van der Waals surface area (Å²) in [6, 6.07) is 2.44. The third-order valence-corrected chi connectivity index (χ3v) is 3.09. The Balaban J connectivity index is 1.88. The first-order chi connectivity index (χ1) is 10.2. The van der Waals surface area contributed by atoms with Crippen LogP contribution in [0.3, 0.4) is 0 Å². The van der Waals surface area contributed by atoms with Gasteiger partial charge in [-0.1, -0.05) is 0 Å². The number of nitrogens with two attached hydrogens (primary N) is 2. The molecule has 1 aliphatic rings. The predicted octanol–water partition coefficient (Wildman–Crippen LogP) is 0.857. The van der Waals surface area contributed by atoms with E-state index in [0.29, 0.717) is 34.3 Å². The molecule has 3 rings (SSSR count). The second kappa shape index (κ2) is 5.13. The number of fused-ring (bicyclic) bond motifs is 1. The van der Waals surface area contributed by atoms with Gasteiger partial charge in [-0.05, 0) is 12.8 Å². The highest BCUT2D eigenvalue weighted by molar-refractivity contribution is 5.93. The summed E-state index contributed by atoms with van der Waals surface area (Å²) in [5.74, 6) is 0.529. The normalized spacial score (nSPS) is 15.5. The van der Waals surface area contributed by atoms with Gasteiger partial charge in [0.25, 0.3) is 0 Å². The van der Waals surface area contributed by atoms with Crippen LogP contribution in [0.4, 0.5) is 11.8 Å². The molecule has 0 spiro atoms. The van der Waals surface area contributed by atoms with Gasteiger partial charge in [-0.25, -0.2) is 0 Å². The first kappa shape index (κ1) is 12.9. The van der Waals surface area contributed by atoms with E-state index in [0.717, 1.165) is 12.8 Å². The molecule has 1 fully saturated rings. The van der Waals surface area contributed by atoms with Gasteiger partial charge < -0.3 is 21.8 Å². The van der Waals surface area contributed by atoms with Gasteiger partial charge in [0.1, 0.15) is 17.5 Å². The van der Waals surface area contributed by atoms with Crippen molar-refractivity contribution in [1.82, 2.24) is 15.0 Å². The highest BCUT2D eigenvalue weighted by Gasteiger charge is 2.19. The third kappa shape index (κ3) is 2.62. The zero-order valence-corrected chi connectivity index (χ0v) is 11.2. The number of nitrogen functional groups attached to an aromatic ring is 1. The molecule has 0 aromatic carbocycles. The molecular formula is C13H14N8. The molecule has 0 bridgehead atoms. The van der Waals surface area contributed by atoms with Crippen LogP contribution in [-0.4, -0.2) is 27.2 Å². The summed E-state index contributed by atoms with van der Waals surface area (Å²) in [5.41, 5.74) is 12.9. The van der Waals surface area contributed by atoms with Gasteiger partial charge in [0.05, 0.1) is 22.7 Å². The largest absolute Gasteiger partial charge is 0.403 e. The average molecular weight is 282 g/mol. The second-order valence-corrected chi connectivity index (χ2v) is 4.73. The number of hydrogen-bond acceptors (Lipinski definition) is 7. The van der Waals surface area contributed by atoms with E-state index in [2.05, 4.69) is 25.3 Å². The van der Waals surface area contributed by atoms with E-state index in [1.54, 1.807) is 12.4 Å². The van der Waals surface area contributed by atoms with Gasteiger partial charge in [0.15, 0.2) is 0 Å². The van der Waals surface area contributed by atoms with Crippen LogP contribution in [0.2, 0.25) is 0 Å². The van der Waals surface area contributed by atoms with Crippen LogP contribution in [0.5, 0.6) is 0 Å². The van der Waals surface area contributed by atoms with Crippen molar-refractivity contribution in [2.75, 3.05) is 11.1 Å². The van der Waals surface area contributed by atoms with Gasteiger partial charge in [-0.3, -0.25) is 4.99 Å². The fourth-order valence-corrected chi connectivity index (χ4v) is 1.86. The maximum Gasteiger partial charge on any atom is 0.231 e. The lowest BCUT2D eigenvalue weighted by Gasteiger charge is -2.06. The molecule has 2 aromatic heterocycles. The van der Waals surface area contributed by atoms with Crippen molar-refractivity contribution in [3.05, 3.63) is 23.7 Å². The summed E-state index contributed by atoms with van der Waals surface area (Å²) < 4.78 is 0. The summed E-state index contributed by atoms with van der Waals surface area (Å²) in [6.45, 7) is 0. The van der Waals surface area contributed by atoms with Crippen LogP contribution in [-0.2, 0) is 0 Å². The molecule has 106 valence electrons. The predicted molar refractivity (Wildman–Crippen MR) is 80.4 cm³/mol. The Morgan fingerprint density at radius 2 is 2.33 bits per heavy atom. The summed E-state index contributed by atoms with van der Waals surface area (Å²) in [4.78, 5) is 15.6. The quantitative estimate of drug-likeness (QED) is 0.612. The smallest absolute Gasteiger partial charge is 0.231 e. The molecular weight excluding hydrogens is 268 g/mol. The fraction of sp³-hybridized carbons (Fsp3) is 0.231. The van der Waals surface area contributed by atoms with Crippen molar-refractivity contribution < 1.29 is 0 Å². The molecule has 6 N–H and O–H groups in total. The number of aromatic nitrogens is 3. The Morgan fingerprint density at radius 3 is 3.00 bits per heavy atom. The van der Waals surface area contributed by atoms with Crippen molar-refractivity contribution in [3.63, 3.8) is 0 Å². The number of nitriles is 1. The Kier molecular flexibility index (Phi) is 3.16. The number of aliphatic imine (C=N–C) groups is 1. The lowest BCUT2D eigenvalue weighted by Crippen LogP contribution is -2.08. The Bertz CT molecular complexity index is 775. The minimum atomic E-state index is 0.232. The van der Waals surface area contributed by atoms with Gasteiger partial charge in [0, 0.05) is 18.6 Å². The molecule has 1 saturated carbocycles. The first-order valence-corrected chi connectivity index (χ1v) is 6.48. The van der Waals surface area contributed by atoms with E-state index < -0.39 is 0 Å². The van der Waals surface area contributed by atoms with Gasteiger partial charge in [-0.2, -0.15) is 15.2 Å². The van der Waals surface area contributed by atoms with Crippen LogP contribution in [0, 0.1) is 11.3 Å². The molecule has 0 atom stereocenters. The topological polar surface area (TPSA) is 142 Å². The van der Waals surface area contributed by atoms with Crippen molar-refractivity contribution in [2.24, 2.45) is 10.7 Å². The lowest BCUT2D eigenvalue weighted by molar-refractivity contribution is 1.07. The SMILES string of the molecule is N#Cc1c[nH]c2nc(NC(C=NC3CC3)=CN)nc(N)c12. The standard InChI is InChI=1S/C13H14N8/c14-3-7-5-18-12-10(7)11(16)20-13(21-12)19-9(4-15)6-17-8-1-2-8/h4-6,8H,1-2,15H2,(H4,16,18,19,20,21). The van der Waals surface area contributed by atoms with E-state index in [1.165, 1.54) is 6.20 Å². The Morgan fingerprint density at radius 1 is 1.52 bits per heavy atom. The number of allylic oxidation sites excluding steroid dienone is 1. The maximum absolute atomic E-state index is 8.99. The molecule has 21 heavy (non-hydrogen) atoms. The van der Waals surface area contributed by atoms with Gasteiger partial charge in [0.2, 0.25) is 5.95 Å². The molecule has 2 aromatic rings. The number of nitrogens with zero attached hydrogens (tertiary/aromatic N) is 4. The summed E-state index contributed by atoms with van der Waals surface area (Å²) in [5, 5.41) is 12.5. The molecule has 0 saturated heterocycles.